The molecule has 0 radical (unpaired) electrons. The monoisotopic (exact) mass is 327 g/mol. The highest BCUT2D eigenvalue weighted by Gasteiger charge is 2.53. The van der Waals surface area contributed by atoms with Gasteiger partial charge in [-0.3, -0.25) is 0 Å². The zero-order valence-corrected chi connectivity index (χ0v) is 15.1. The second-order valence-electron chi connectivity index (χ2n) is 7.00. The Kier molecular flexibility index (Phi) is 5.28. The molecule has 0 atom stereocenters. The summed E-state index contributed by atoms with van der Waals surface area (Å²) in [7, 11) is 0. The zero-order valence-electron chi connectivity index (χ0n) is 13.6. The maximum Gasteiger partial charge on any atom is 0.0458 e. The largest absolute Gasteiger partial charge is 0.314 e. The van der Waals surface area contributed by atoms with Crippen molar-refractivity contribution in [2.75, 3.05) is 6.54 Å². The summed E-state index contributed by atoms with van der Waals surface area (Å²) in [6, 6.07) is 6.47. The van der Waals surface area contributed by atoms with Gasteiger partial charge in [0, 0.05) is 28.0 Å². The summed E-state index contributed by atoms with van der Waals surface area (Å²) >= 11 is 12.6. The van der Waals surface area contributed by atoms with E-state index in [4.69, 9.17) is 23.2 Å². The first-order valence-corrected chi connectivity index (χ1v) is 8.81. The Hall–Kier alpha value is -0.240. The molecule has 0 heterocycles. The van der Waals surface area contributed by atoms with Crippen molar-refractivity contribution in [3.05, 3.63) is 33.8 Å². The second kappa shape index (κ2) is 6.48. The van der Waals surface area contributed by atoms with Gasteiger partial charge in [0.05, 0.1) is 0 Å². The number of hydrogen-bond acceptors (Lipinski definition) is 1. The van der Waals surface area contributed by atoms with Gasteiger partial charge in [0.1, 0.15) is 0 Å². The van der Waals surface area contributed by atoms with E-state index in [0.717, 1.165) is 11.6 Å². The third-order valence-electron chi connectivity index (χ3n) is 5.28. The lowest BCUT2D eigenvalue weighted by molar-refractivity contribution is 0.0119. The Bertz CT molecular complexity index is 484. The van der Waals surface area contributed by atoms with Crippen LogP contribution in [0.1, 0.15) is 58.9 Å². The number of benzene rings is 1. The predicted molar refractivity (Wildman–Crippen MR) is 93.5 cm³/mol. The highest BCUT2D eigenvalue weighted by atomic mass is 35.5. The normalized spacial score (nSPS) is 19.6. The maximum absolute atomic E-state index is 6.51. The van der Waals surface area contributed by atoms with Crippen LogP contribution in [-0.4, -0.2) is 12.6 Å². The van der Waals surface area contributed by atoms with Crippen LogP contribution in [0.3, 0.4) is 0 Å². The Morgan fingerprint density at radius 1 is 1.14 bits per heavy atom. The topological polar surface area (TPSA) is 12.0 Å². The first-order chi connectivity index (χ1) is 9.86. The highest BCUT2D eigenvalue weighted by Crippen LogP contribution is 2.60. The average molecular weight is 328 g/mol. The SMILES string of the molecule is CCC1(CC)CC(CNC(C)C)(c2ccc(Cl)cc2Cl)C1. The molecule has 0 spiro atoms. The molecule has 2 rings (SSSR count). The van der Waals surface area contributed by atoms with Crippen molar-refractivity contribution in [1.29, 1.82) is 0 Å². The number of rotatable bonds is 6. The first kappa shape index (κ1) is 17.1. The molecule has 1 aromatic carbocycles. The van der Waals surface area contributed by atoms with Crippen molar-refractivity contribution in [2.24, 2.45) is 5.41 Å². The lowest BCUT2D eigenvalue weighted by Crippen LogP contribution is -2.55. The van der Waals surface area contributed by atoms with Crippen LogP contribution in [0.2, 0.25) is 10.0 Å². The molecule has 1 aliphatic carbocycles. The van der Waals surface area contributed by atoms with E-state index in [1.54, 1.807) is 0 Å². The van der Waals surface area contributed by atoms with Gasteiger partial charge in [0.25, 0.3) is 0 Å². The van der Waals surface area contributed by atoms with Crippen LogP contribution in [0, 0.1) is 5.41 Å². The fourth-order valence-electron chi connectivity index (χ4n) is 3.86. The summed E-state index contributed by atoms with van der Waals surface area (Å²) in [5, 5.41) is 5.15. The molecule has 1 saturated carbocycles. The highest BCUT2D eigenvalue weighted by molar-refractivity contribution is 6.35. The maximum atomic E-state index is 6.51. The fraction of sp³-hybridized carbons (Fsp3) is 0.667. The van der Waals surface area contributed by atoms with Crippen molar-refractivity contribution >= 4 is 23.2 Å². The van der Waals surface area contributed by atoms with E-state index >= 15 is 0 Å². The zero-order chi connectivity index (χ0) is 15.7. The van der Waals surface area contributed by atoms with Gasteiger partial charge in [0.2, 0.25) is 0 Å². The van der Waals surface area contributed by atoms with Gasteiger partial charge >= 0.3 is 0 Å². The summed E-state index contributed by atoms with van der Waals surface area (Å²) < 4.78 is 0. The molecule has 3 heteroatoms. The molecule has 0 unspecified atom stereocenters. The molecule has 1 aromatic rings. The van der Waals surface area contributed by atoms with Crippen LogP contribution in [0.5, 0.6) is 0 Å². The van der Waals surface area contributed by atoms with Crippen LogP contribution in [-0.2, 0) is 5.41 Å². The third-order valence-corrected chi connectivity index (χ3v) is 5.83. The molecule has 118 valence electrons. The van der Waals surface area contributed by atoms with Gasteiger partial charge in [-0.1, -0.05) is 69.8 Å². The summed E-state index contributed by atoms with van der Waals surface area (Å²) in [6.07, 6.45) is 4.93. The molecule has 0 bridgehead atoms. The van der Waals surface area contributed by atoms with Crippen molar-refractivity contribution in [3.8, 4) is 0 Å². The average Bonchev–Trinajstić information content (AvgIpc) is 2.39. The molecule has 1 N–H and O–H groups in total. The van der Waals surface area contributed by atoms with E-state index in [9.17, 15) is 0 Å². The van der Waals surface area contributed by atoms with Crippen LogP contribution in [0.4, 0.5) is 0 Å². The number of nitrogens with one attached hydrogen (secondary N) is 1. The van der Waals surface area contributed by atoms with E-state index in [1.165, 1.54) is 31.2 Å². The van der Waals surface area contributed by atoms with E-state index < -0.39 is 0 Å². The van der Waals surface area contributed by atoms with Crippen LogP contribution >= 0.6 is 23.2 Å². The minimum absolute atomic E-state index is 0.165. The molecular formula is C18H27Cl2N. The molecule has 1 fully saturated rings. The standard InChI is InChI=1S/C18H27Cl2N/c1-5-17(6-2)10-18(11-17,12-21-13(3)4)15-8-7-14(19)9-16(15)20/h7-9,13,21H,5-6,10-12H2,1-4H3. The van der Waals surface area contributed by atoms with Gasteiger partial charge in [-0.2, -0.15) is 0 Å². The lowest BCUT2D eigenvalue weighted by Gasteiger charge is -2.57. The summed E-state index contributed by atoms with van der Waals surface area (Å²) in [5.41, 5.74) is 1.92. The van der Waals surface area contributed by atoms with Crippen molar-refractivity contribution in [3.63, 3.8) is 0 Å². The van der Waals surface area contributed by atoms with E-state index in [1.807, 2.05) is 12.1 Å². The summed E-state index contributed by atoms with van der Waals surface area (Å²) in [5.74, 6) is 0. The van der Waals surface area contributed by atoms with Crippen molar-refractivity contribution in [2.45, 2.75) is 64.8 Å². The van der Waals surface area contributed by atoms with Crippen LogP contribution in [0.25, 0.3) is 0 Å². The molecule has 1 aliphatic rings. The Labute approximate surface area is 139 Å². The Balaban J connectivity index is 2.30. The lowest BCUT2D eigenvalue weighted by atomic mass is 9.48. The van der Waals surface area contributed by atoms with Gasteiger partial charge in [-0.25, -0.2) is 0 Å². The predicted octanol–water partition coefficient (Wildman–Crippen LogP) is 5.83. The van der Waals surface area contributed by atoms with E-state index in [2.05, 4.69) is 39.1 Å². The minimum Gasteiger partial charge on any atom is -0.314 e. The Morgan fingerprint density at radius 2 is 1.76 bits per heavy atom. The molecular weight excluding hydrogens is 301 g/mol. The number of halogens is 2. The molecule has 0 aromatic heterocycles. The molecule has 1 nitrogen and oxygen atoms in total. The van der Waals surface area contributed by atoms with Gasteiger partial charge in [-0.05, 0) is 36.0 Å². The second-order valence-corrected chi connectivity index (χ2v) is 7.84. The van der Waals surface area contributed by atoms with Crippen molar-refractivity contribution in [1.82, 2.24) is 5.32 Å². The van der Waals surface area contributed by atoms with E-state index in [0.29, 0.717) is 16.5 Å². The fourth-order valence-corrected chi connectivity index (χ4v) is 4.47. The van der Waals surface area contributed by atoms with E-state index in [-0.39, 0.29) is 5.41 Å². The van der Waals surface area contributed by atoms with Crippen LogP contribution in [0.15, 0.2) is 18.2 Å². The van der Waals surface area contributed by atoms with Gasteiger partial charge in [0.15, 0.2) is 0 Å². The molecule has 0 amide bonds. The molecule has 0 aliphatic heterocycles. The molecule has 21 heavy (non-hydrogen) atoms. The summed E-state index contributed by atoms with van der Waals surface area (Å²) in [6.45, 7) is 10.0. The summed E-state index contributed by atoms with van der Waals surface area (Å²) in [4.78, 5) is 0. The van der Waals surface area contributed by atoms with Crippen LogP contribution < -0.4 is 5.32 Å². The Morgan fingerprint density at radius 3 is 2.24 bits per heavy atom. The number of hydrogen-bond donors (Lipinski definition) is 1. The third kappa shape index (κ3) is 3.41. The minimum atomic E-state index is 0.165. The smallest absolute Gasteiger partial charge is 0.0458 e. The molecule has 0 saturated heterocycles. The van der Waals surface area contributed by atoms with Gasteiger partial charge < -0.3 is 5.32 Å². The van der Waals surface area contributed by atoms with Gasteiger partial charge in [-0.15, -0.1) is 0 Å². The quantitative estimate of drug-likeness (QED) is 0.693. The van der Waals surface area contributed by atoms with Crippen molar-refractivity contribution < 1.29 is 0 Å². The first-order valence-electron chi connectivity index (χ1n) is 8.05.